The van der Waals surface area contributed by atoms with Gasteiger partial charge < -0.3 is 10.2 Å². The van der Waals surface area contributed by atoms with E-state index in [1.54, 1.807) is 11.6 Å². The molecule has 8 nitrogen and oxygen atoms in total. The minimum atomic E-state index is -4.03. The normalized spacial score (nSPS) is 19.2. The lowest BCUT2D eigenvalue weighted by atomic mass is 9.84. The second-order valence-corrected chi connectivity index (χ2v) is 12.2. The van der Waals surface area contributed by atoms with Gasteiger partial charge in [-0.05, 0) is 30.5 Å². The molecule has 2 aliphatic rings. The highest BCUT2D eigenvalue weighted by molar-refractivity contribution is 7.89. The van der Waals surface area contributed by atoms with Gasteiger partial charge in [-0.1, -0.05) is 55.3 Å². The van der Waals surface area contributed by atoms with Crippen LogP contribution in [0.1, 0.15) is 38.5 Å². The SMILES string of the molecule is O=C(Nc1nccs1)[C@H](CC1CCCCC1)N1CCN(S(=O)(=O)c2cc(Cl)ccc2Cl)CC1=O. The van der Waals surface area contributed by atoms with Crippen LogP contribution in [0.25, 0.3) is 0 Å². The molecule has 1 aliphatic carbocycles. The van der Waals surface area contributed by atoms with Crippen molar-refractivity contribution in [3.05, 3.63) is 39.8 Å². The fourth-order valence-electron chi connectivity index (χ4n) is 4.60. The summed E-state index contributed by atoms with van der Waals surface area (Å²) in [5.74, 6) is -0.355. The molecule has 1 aliphatic heterocycles. The van der Waals surface area contributed by atoms with Crippen molar-refractivity contribution in [1.82, 2.24) is 14.2 Å². The first-order valence-corrected chi connectivity index (χ1v) is 14.3. The number of hydrogen-bond donors (Lipinski definition) is 1. The van der Waals surface area contributed by atoms with Crippen LogP contribution in [0.2, 0.25) is 10.0 Å². The maximum absolute atomic E-state index is 13.2. The molecule has 1 saturated carbocycles. The number of nitrogens with zero attached hydrogens (tertiary/aromatic N) is 3. The molecule has 0 radical (unpaired) electrons. The van der Waals surface area contributed by atoms with Gasteiger partial charge in [-0.3, -0.25) is 9.59 Å². The van der Waals surface area contributed by atoms with Crippen molar-refractivity contribution >= 4 is 61.5 Å². The van der Waals surface area contributed by atoms with E-state index >= 15 is 0 Å². The third-order valence-electron chi connectivity index (χ3n) is 6.36. The van der Waals surface area contributed by atoms with Crippen LogP contribution < -0.4 is 5.32 Å². The third kappa shape index (κ3) is 5.73. The lowest BCUT2D eigenvalue weighted by Gasteiger charge is -2.39. The van der Waals surface area contributed by atoms with E-state index in [-0.39, 0.29) is 40.5 Å². The van der Waals surface area contributed by atoms with E-state index in [1.807, 2.05) is 0 Å². The molecule has 0 unspecified atom stereocenters. The van der Waals surface area contributed by atoms with Crippen LogP contribution in [-0.4, -0.2) is 60.1 Å². The van der Waals surface area contributed by atoms with Gasteiger partial charge >= 0.3 is 0 Å². The highest BCUT2D eigenvalue weighted by Gasteiger charge is 2.39. The molecule has 0 spiro atoms. The Hall–Kier alpha value is -1.72. The standard InChI is InChI=1S/C22H26Cl2N4O4S2/c23-16-6-7-17(24)19(13-16)34(31,32)27-9-10-28(20(29)14-27)18(12-15-4-2-1-3-5-15)21(30)26-22-25-8-11-33-22/h6-8,11,13,15,18H,1-5,9-10,12,14H2,(H,25,26,30)/t18-/m0/s1. The van der Waals surface area contributed by atoms with Crippen LogP contribution in [0.4, 0.5) is 5.13 Å². The van der Waals surface area contributed by atoms with Crippen molar-refractivity contribution in [3.63, 3.8) is 0 Å². The lowest BCUT2D eigenvalue weighted by molar-refractivity contribution is -0.142. The van der Waals surface area contributed by atoms with Crippen molar-refractivity contribution in [3.8, 4) is 0 Å². The van der Waals surface area contributed by atoms with Gasteiger partial charge in [0, 0.05) is 29.7 Å². The number of rotatable bonds is 7. The number of carbonyl (C=O) groups excluding carboxylic acids is 2. The molecule has 2 amide bonds. The molecule has 1 atom stereocenters. The molecule has 2 fully saturated rings. The summed E-state index contributed by atoms with van der Waals surface area (Å²) in [7, 11) is -4.03. The molecule has 1 aromatic carbocycles. The van der Waals surface area contributed by atoms with Crippen molar-refractivity contribution < 1.29 is 18.0 Å². The Morgan fingerprint density at radius 3 is 2.65 bits per heavy atom. The molecule has 0 bridgehead atoms. The minimum Gasteiger partial charge on any atom is -0.328 e. The molecule has 1 saturated heterocycles. The zero-order valence-corrected chi connectivity index (χ0v) is 21.6. The van der Waals surface area contributed by atoms with Gasteiger partial charge in [-0.25, -0.2) is 13.4 Å². The third-order valence-corrected chi connectivity index (χ3v) is 9.61. The lowest BCUT2D eigenvalue weighted by Crippen LogP contribution is -2.58. The predicted molar refractivity (Wildman–Crippen MR) is 133 cm³/mol. The second-order valence-electron chi connectivity index (χ2n) is 8.58. The Morgan fingerprint density at radius 2 is 1.97 bits per heavy atom. The zero-order chi connectivity index (χ0) is 24.3. The highest BCUT2D eigenvalue weighted by Crippen LogP contribution is 2.31. The van der Waals surface area contributed by atoms with Gasteiger partial charge in [0.25, 0.3) is 0 Å². The first-order valence-electron chi connectivity index (χ1n) is 11.2. The Labute approximate surface area is 213 Å². The molecule has 4 rings (SSSR count). The summed E-state index contributed by atoms with van der Waals surface area (Å²) in [4.78, 5) is 31.9. The van der Waals surface area contributed by atoms with Crippen molar-refractivity contribution in [2.75, 3.05) is 25.0 Å². The topological polar surface area (TPSA) is 99.7 Å². The largest absolute Gasteiger partial charge is 0.328 e. The molecule has 1 N–H and O–H groups in total. The van der Waals surface area contributed by atoms with Crippen LogP contribution >= 0.6 is 34.5 Å². The summed E-state index contributed by atoms with van der Waals surface area (Å²) >= 11 is 13.4. The fourth-order valence-corrected chi connectivity index (χ4v) is 7.25. The van der Waals surface area contributed by atoms with Gasteiger partial charge in [0.1, 0.15) is 10.9 Å². The number of aromatic nitrogens is 1. The van der Waals surface area contributed by atoms with Crippen molar-refractivity contribution in [1.29, 1.82) is 0 Å². The first-order chi connectivity index (χ1) is 16.3. The van der Waals surface area contributed by atoms with E-state index in [1.165, 1.54) is 40.9 Å². The number of thiazole rings is 1. The van der Waals surface area contributed by atoms with Crippen molar-refractivity contribution in [2.24, 2.45) is 5.92 Å². The van der Waals surface area contributed by atoms with E-state index in [0.29, 0.717) is 17.5 Å². The molecular formula is C22H26Cl2N4O4S2. The van der Waals surface area contributed by atoms with Crippen LogP contribution in [0.3, 0.4) is 0 Å². The Morgan fingerprint density at radius 1 is 1.21 bits per heavy atom. The van der Waals surface area contributed by atoms with E-state index in [9.17, 15) is 18.0 Å². The number of hydrogen-bond acceptors (Lipinski definition) is 6. The number of sulfonamides is 1. The van der Waals surface area contributed by atoms with Crippen LogP contribution in [0.5, 0.6) is 0 Å². The Kier molecular flexibility index (Phi) is 8.14. The Balaban J connectivity index is 1.52. The number of nitrogens with one attached hydrogen (secondary N) is 1. The fraction of sp³-hybridized carbons (Fsp3) is 0.500. The maximum atomic E-state index is 13.2. The maximum Gasteiger partial charge on any atom is 0.248 e. The number of amides is 2. The molecule has 184 valence electrons. The van der Waals surface area contributed by atoms with Gasteiger partial charge in [0.2, 0.25) is 21.8 Å². The summed E-state index contributed by atoms with van der Waals surface area (Å²) in [6.45, 7) is -0.196. The second kappa shape index (κ2) is 10.9. The average molecular weight is 546 g/mol. The number of anilines is 1. The summed E-state index contributed by atoms with van der Waals surface area (Å²) < 4.78 is 27.4. The monoisotopic (exact) mass is 544 g/mol. The zero-order valence-electron chi connectivity index (χ0n) is 18.5. The van der Waals surface area contributed by atoms with Crippen LogP contribution in [-0.2, 0) is 19.6 Å². The average Bonchev–Trinajstić information content (AvgIpc) is 3.33. The first kappa shape index (κ1) is 25.4. The molecule has 34 heavy (non-hydrogen) atoms. The molecule has 2 aromatic rings. The van der Waals surface area contributed by atoms with Gasteiger partial charge in [0.15, 0.2) is 5.13 Å². The van der Waals surface area contributed by atoms with E-state index in [4.69, 9.17) is 23.2 Å². The quantitative estimate of drug-likeness (QED) is 0.561. The summed E-state index contributed by atoms with van der Waals surface area (Å²) in [6, 6.07) is 3.52. The van der Waals surface area contributed by atoms with Crippen molar-refractivity contribution in [2.45, 2.75) is 49.5 Å². The minimum absolute atomic E-state index is 0.0391. The molecule has 1 aromatic heterocycles. The van der Waals surface area contributed by atoms with Crippen LogP contribution in [0.15, 0.2) is 34.7 Å². The highest BCUT2D eigenvalue weighted by atomic mass is 35.5. The molecule has 12 heteroatoms. The molecular weight excluding hydrogens is 519 g/mol. The van der Waals surface area contributed by atoms with E-state index in [0.717, 1.165) is 30.0 Å². The van der Waals surface area contributed by atoms with E-state index < -0.39 is 22.0 Å². The predicted octanol–water partition coefficient (Wildman–Crippen LogP) is 4.26. The summed E-state index contributed by atoms with van der Waals surface area (Å²) in [5.41, 5.74) is 0. The number of halogens is 2. The number of benzene rings is 1. The summed E-state index contributed by atoms with van der Waals surface area (Å²) in [6.07, 6.45) is 7.63. The van der Waals surface area contributed by atoms with E-state index in [2.05, 4.69) is 10.3 Å². The Bertz CT molecular complexity index is 1140. The van der Waals surface area contributed by atoms with Gasteiger partial charge in [-0.15, -0.1) is 11.3 Å². The van der Waals surface area contributed by atoms with Crippen LogP contribution in [0, 0.1) is 5.92 Å². The smallest absolute Gasteiger partial charge is 0.248 e. The number of piperazine rings is 1. The number of carbonyl (C=O) groups is 2. The van der Waals surface area contributed by atoms with Gasteiger partial charge in [0.05, 0.1) is 11.6 Å². The summed E-state index contributed by atoms with van der Waals surface area (Å²) in [5, 5.41) is 5.34. The molecule has 2 heterocycles. The van der Waals surface area contributed by atoms with Gasteiger partial charge in [-0.2, -0.15) is 4.31 Å².